The summed E-state index contributed by atoms with van der Waals surface area (Å²) < 4.78 is 0. The molecule has 5 heteroatoms. The lowest BCUT2D eigenvalue weighted by atomic mass is 10.2. The predicted octanol–water partition coefficient (Wildman–Crippen LogP) is 3.09. The first kappa shape index (κ1) is 14.1. The van der Waals surface area contributed by atoms with Crippen molar-refractivity contribution >= 4 is 29.0 Å². The van der Waals surface area contributed by atoms with Crippen LogP contribution >= 0.6 is 23.1 Å². The Hall–Kier alpha value is -1.30. The van der Waals surface area contributed by atoms with Crippen molar-refractivity contribution in [2.24, 2.45) is 5.84 Å². The molecule has 0 aliphatic heterocycles. The highest BCUT2D eigenvalue weighted by Gasteiger charge is 2.11. The summed E-state index contributed by atoms with van der Waals surface area (Å²) >= 11 is 3.34. The van der Waals surface area contributed by atoms with Crippen LogP contribution in [-0.4, -0.2) is 5.91 Å². The Bertz CT molecular complexity index is 552. The topological polar surface area (TPSA) is 55.1 Å². The fourth-order valence-corrected chi connectivity index (χ4v) is 3.79. The normalized spacial score (nSPS) is 10.4. The third-order valence-electron chi connectivity index (χ3n) is 2.74. The number of amides is 1. The van der Waals surface area contributed by atoms with Crippen molar-refractivity contribution in [3.63, 3.8) is 0 Å². The zero-order valence-electron chi connectivity index (χ0n) is 10.7. The van der Waals surface area contributed by atoms with Gasteiger partial charge in [0.25, 0.3) is 5.91 Å². The van der Waals surface area contributed by atoms with Crippen LogP contribution in [0.1, 0.15) is 25.7 Å². The van der Waals surface area contributed by atoms with E-state index >= 15 is 0 Å². The molecule has 0 fully saturated rings. The Morgan fingerprint density at radius 1 is 1.32 bits per heavy atom. The number of hydrazine groups is 1. The molecule has 1 aromatic carbocycles. The summed E-state index contributed by atoms with van der Waals surface area (Å²) in [5.41, 5.74) is 4.70. The lowest BCUT2D eigenvalue weighted by Gasteiger charge is -2.01. The molecule has 0 saturated heterocycles. The van der Waals surface area contributed by atoms with Crippen LogP contribution < -0.4 is 11.3 Å². The van der Waals surface area contributed by atoms with E-state index in [1.165, 1.54) is 27.3 Å². The third kappa shape index (κ3) is 3.83. The second kappa shape index (κ2) is 6.75. The number of nitrogens with two attached hydrogens (primary N) is 1. The molecule has 0 radical (unpaired) electrons. The van der Waals surface area contributed by atoms with E-state index < -0.39 is 0 Å². The lowest BCUT2D eigenvalue weighted by molar-refractivity contribution is 0.0957. The first-order chi connectivity index (χ1) is 9.20. The maximum absolute atomic E-state index is 11.4. The van der Waals surface area contributed by atoms with E-state index in [9.17, 15) is 4.79 Å². The van der Waals surface area contributed by atoms with Gasteiger partial charge in [-0.3, -0.25) is 10.2 Å². The van der Waals surface area contributed by atoms with Crippen LogP contribution in [0.4, 0.5) is 0 Å². The summed E-state index contributed by atoms with van der Waals surface area (Å²) in [4.78, 5) is 13.3. The summed E-state index contributed by atoms with van der Waals surface area (Å²) in [5.74, 6) is 6.82. The van der Waals surface area contributed by atoms with Crippen molar-refractivity contribution in [3.8, 4) is 0 Å². The number of nitrogens with one attached hydrogen (secondary N) is 1. The number of rotatable bonds is 5. The van der Waals surface area contributed by atoms with Crippen LogP contribution in [0.5, 0.6) is 0 Å². The van der Waals surface area contributed by atoms with Crippen molar-refractivity contribution in [2.45, 2.75) is 18.4 Å². The maximum atomic E-state index is 11.4. The lowest BCUT2D eigenvalue weighted by Crippen LogP contribution is -2.29. The summed E-state index contributed by atoms with van der Waals surface area (Å²) in [7, 11) is 0. The minimum Gasteiger partial charge on any atom is -0.289 e. The Balaban J connectivity index is 1.93. The fraction of sp³-hybridized carbons (Fsp3) is 0.214. The SMILES string of the molecule is Cc1sc(C(=O)NN)cc1CSCc1ccccc1. The average molecular weight is 292 g/mol. The molecule has 0 bridgehead atoms. The molecule has 3 nitrogen and oxygen atoms in total. The Morgan fingerprint density at radius 3 is 2.74 bits per heavy atom. The highest BCUT2D eigenvalue weighted by molar-refractivity contribution is 7.97. The summed E-state index contributed by atoms with van der Waals surface area (Å²) in [5, 5.41) is 0. The molecule has 2 aromatic rings. The van der Waals surface area contributed by atoms with E-state index in [4.69, 9.17) is 5.84 Å². The molecule has 1 amide bonds. The number of hydrogen-bond acceptors (Lipinski definition) is 4. The highest BCUT2D eigenvalue weighted by Crippen LogP contribution is 2.26. The molecule has 0 unspecified atom stereocenters. The third-order valence-corrected chi connectivity index (χ3v) is 4.89. The minimum absolute atomic E-state index is 0.215. The Labute approximate surface area is 121 Å². The van der Waals surface area contributed by atoms with E-state index in [-0.39, 0.29) is 5.91 Å². The molecule has 0 atom stereocenters. The number of carbonyl (C=O) groups is 1. The van der Waals surface area contributed by atoms with E-state index in [1.807, 2.05) is 30.8 Å². The Morgan fingerprint density at radius 2 is 2.05 bits per heavy atom. The molecule has 1 aromatic heterocycles. The van der Waals surface area contributed by atoms with Crippen LogP contribution in [0.15, 0.2) is 36.4 Å². The number of thioether (sulfide) groups is 1. The maximum Gasteiger partial charge on any atom is 0.275 e. The van der Waals surface area contributed by atoms with Gasteiger partial charge in [0.2, 0.25) is 0 Å². The molecule has 2 rings (SSSR count). The standard InChI is InChI=1S/C14H16N2OS2/c1-10-12(7-13(19-10)14(17)16-15)9-18-8-11-5-3-2-4-6-11/h2-7H,8-9,15H2,1H3,(H,16,17). The predicted molar refractivity (Wildman–Crippen MR) is 82.2 cm³/mol. The van der Waals surface area contributed by atoms with Crippen LogP contribution in [0.2, 0.25) is 0 Å². The molecule has 0 aliphatic rings. The monoisotopic (exact) mass is 292 g/mol. The average Bonchev–Trinajstić information content (AvgIpc) is 2.81. The zero-order valence-corrected chi connectivity index (χ0v) is 12.3. The van der Waals surface area contributed by atoms with Crippen LogP contribution in [0.25, 0.3) is 0 Å². The Kier molecular flexibility index (Phi) is 5.01. The molecule has 0 aliphatic carbocycles. The van der Waals surface area contributed by atoms with Gasteiger partial charge in [0.05, 0.1) is 4.88 Å². The molecule has 19 heavy (non-hydrogen) atoms. The van der Waals surface area contributed by atoms with Gasteiger partial charge in [0.1, 0.15) is 0 Å². The van der Waals surface area contributed by atoms with Gasteiger partial charge in [0.15, 0.2) is 0 Å². The van der Waals surface area contributed by atoms with Gasteiger partial charge in [-0.2, -0.15) is 11.8 Å². The summed E-state index contributed by atoms with van der Waals surface area (Å²) in [6.07, 6.45) is 0. The zero-order chi connectivity index (χ0) is 13.7. The van der Waals surface area contributed by atoms with Gasteiger partial charge in [-0.25, -0.2) is 5.84 Å². The second-order valence-electron chi connectivity index (χ2n) is 4.14. The first-order valence-electron chi connectivity index (χ1n) is 5.92. The minimum atomic E-state index is -0.215. The summed E-state index contributed by atoms with van der Waals surface area (Å²) in [6, 6.07) is 12.3. The van der Waals surface area contributed by atoms with Gasteiger partial charge in [-0.1, -0.05) is 30.3 Å². The van der Waals surface area contributed by atoms with Crippen molar-refractivity contribution in [1.82, 2.24) is 5.43 Å². The molecular weight excluding hydrogens is 276 g/mol. The molecule has 3 N–H and O–H groups in total. The molecule has 0 spiro atoms. The van der Waals surface area contributed by atoms with E-state index in [0.29, 0.717) is 4.88 Å². The van der Waals surface area contributed by atoms with Crippen LogP contribution in [0, 0.1) is 6.92 Å². The molecule has 100 valence electrons. The van der Waals surface area contributed by atoms with Crippen LogP contribution in [-0.2, 0) is 11.5 Å². The first-order valence-corrected chi connectivity index (χ1v) is 7.89. The number of aryl methyl sites for hydroxylation is 1. The highest BCUT2D eigenvalue weighted by atomic mass is 32.2. The molecule has 1 heterocycles. The number of carbonyl (C=O) groups excluding carboxylic acids is 1. The smallest absolute Gasteiger partial charge is 0.275 e. The molecule has 0 saturated carbocycles. The quantitative estimate of drug-likeness (QED) is 0.506. The van der Waals surface area contributed by atoms with E-state index in [2.05, 4.69) is 29.7 Å². The fourth-order valence-electron chi connectivity index (χ4n) is 1.70. The van der Waals surface area contributed by atoms with Crippen molar-refractivity contribution in [3.05, 3.63) is 57.3 Å². The molecular formula is C14H16N2OS2. The number of benzene rings is 1. The van der Waals surface area contributed by atoms with E-state index in [0.717, 1.165) is 11.5 Å². The van der Waals surface area contributed by atoms with Crippen molar-refractivity contribution in [2.75, 3.05) is 0 Å². The number of thiophene rings is 1. The van der Waals surface area contributed by atoms with E-state index in [1.54, 1.807) is 0 Å². The van der Waals surface area contributed by atoms with Crippen molar-refractivity contribution in [1.29, 1.82) is 0 Å². The van der Waals surface area contributed by atoms with Gasteiger partial charge in [-0.05, 0) is 24.1 Å². The van der Waals surface area contributed by atoms with Gasteiger partial charge in [0, 0.05) is 16.4 Å². The van der Waals surface area contributed by atoms with Gasteiger partial charge < -0.3 is 0 Å². The van der Waals surface area contributed by atoms with Crippen LogP contribution in [0.3, 0.4) is 0 Å². The number of hydrogen-bond donors (Lipinski definition) is 2. The second-order valence-corrected chi connectivity index (χ2v) is 6.39. The number of nitrogen functional groups attached to an aromatic ring is 1. The van der Waals surface area contributed by atoms with Crippen molar-refractivity contribution < 1.29 is 4.79 Å². The van der Waals surface area contributed by atoms with Gasteiger partial charge in [-0.15, -0.1) is 11.3 Å². The van der Waals surface area contributed by atoms with Gasteiger partial charge >= 0.3 is 0 Å². The summed E-state index contributed by atoms with van der Waals surface area (Å²) in [6.45, 7) is 2.04. The largest absolute Gasteiger partial charge is 0.289 e.